The average molecular weight is 226 g/mol. The topological polar surface area (TPSA) is 38.0 Å². The van der Waals surface area contributed by atoms with E-state index in [1.165, 1.54) is 12.1 Å². The van der Waals surface area contributed by atoms with Gasteiger partial charge in [-0.2, -0.15) is 0 Å². The largest absolute Gasteiger partial charge is 0.328 e. The number of halogens is 2. The van der Waals surface area contributed by atoms with E-state index in [0.29, 0.717) is 11.5 Å². The van der Waals surface area contributed by atoms with Crippen molar-refractivity contribution >= 4 is 0 Å². The van der Waals surface area contributed by atoms with Crippen LogP contribution < -0.4 is 11.1 Å². The maximum Gasteiger partial charge on any atom is 0.130 e. The minimum atomic E-state index is -0.540. The van der Waals surface area contributed by atoms with E-state index in [9.17, 15) is 8.78 Å². The number of nitrogens with one attached hydrogen (secondary N) is 1. The van der Waals surface area contributed by atoms with Gasteiger partial charge in [-0.05, 0) is 31.9 Å². The van der Waals surface area contributed by atoms with Crippen molar-refractivity contribution in [3.05, 3.63) is 35.4 Å². The molecule has 1 aliphatic carbocycles. The molecule has 1 saturated carbocycles. The number of nitrogens with two attached hydrogens (primary N) is 1. The average Bonchev–Trinajstić information content (AvgIpc) is 2.19. The smallest absolute Gasteiger partial charge is 0.130 e. The highest BCUT2D eigenvalue weighted by molar-refractivity contribution is 5.23. The van der Waals surface area contributed by atoms with Crippen LogP contribution in [0.15, 0.2) is 18.2 Å². The van der Waals surface area contributed by atoms with E-state index in [-0.39, 0.29) is 12.1 Å². The van der Waals surface area contributed by atoms with Crippen molar-refractivity contribution in [2.24, 2.45) is 11.7 Å². The van der Waals surface area contributed by atoms with Gasteiger partial charge in [-0.3, -0.25) is 0 Å². The van der Waals surface area contributed by atoms with Gasteiger partial charge in [-0.1, -0.05) is 6.07 Å². The van der Waals surface area contributed by atoms with Crippen LogP contribution in [0.1, 0.15) is 24.4 Å². The Balaban J connectivity index is 2.20. The molecule has 2 nitrogen and oxygen atoms in total. The predicted octanol–water partition coefficient (Wildman–Crippen LogP) is 1.96. The molecule has 1 aromatic rings. The van der Waals surface area contributed by atoms with Gasteiger partial charge in [0.15, 0.2) is 0 Å². The van der Waals surface area contributed by atoms with Gasteiger partial charge in [-0.25, -0.2) is 8.78 Å². The molecule has 0 amide bonds. The molecule has 0 radical (unpaired) electrons. The molecule has 1 unspecified atom stereocenters. The van der Waals surface area contributed by atoms with E-state index in [1.54, 1.807) is 7.05 Å². The summed E-state index contributed by atoms with van der Waals surface area (Å²) < 4.78 is 26.4. The monoisotopic (exact) mass is 226 g/mol. The summed E-state index contributed by atoms with van der Waals surface area (Å²) in [4.78, 5) is 0. The first-order chi connectivity index (χ1) is 7.61. The van der Waals surface area contributed by atoms with E-state index in [1.807, 2.05) is 0 Å². The Morgan fingerprint density at radius 2 is 2.06 bits per heavy atom. The number of rotatable bonds is 3. The van der Waals surface area contributed by atoms with Gasteiger partial charge in [0.2, 0.25) is 0 Å². The van der Waals surface area contributed by atoms with Gasteiger partial charge in [0.25, 0.3) is 0 Å². The molecular weight excluding hydrogens is 210 g/mol. The van der Waals surface area contributed by atoms with Gasteiger partial charge in [0.05, 0.1) is 0 Å². The quantitative estimate of drug-likeness (QED) is 0.827. The third-order valence-electron chi connectivity index (χ3n) is 3.29. The normalized spacial score (nSPS) is 26.2. The third kappa shape index (κ3) is 2.08. The Morgan fingerprint density at radius 1 is 1.38 bits per heavy atom. The summed E-state index contributed by atoms with van der Waals surface area (Å²) in [5.74, 6) is -0.679. The molecule has 88 valence electrons. The van der Waals surface area contributed by atoms with Crippen LogP contribution >= 0.6 is 0 Å². The first-order valence-electron chi connectivity index (χ1n) is 5.49. The molecule has 1 aromatic carbocycles. The summed E-state index contributed by atoms with van der Waals surface area (Å²) in [5, 5.41) is 3.08. The third-order valence-corrected chi connectivity index (χ3v) is 3.29. The summed E-state index contributed by atoms with van der Waals surface area (Å²) in [7, 11) is 1.79. The van der Waals surface area contributed by atoms with Crippen LogP contribution in [0.25, 0.3) is 0 Å². The Labute approximate surface area is 93.8 Å². The lowest BCUT2D eigenvalue weighted by Crippen LogP contribution is -2.42. The van der Waals surface area contributed by atoms with Gasteiger partial charge < -0.3 is 11.1 Å². The molecule has 0 heterocycles. The highest BCUT2D eigenvalue weighted by Crippen LogP contribution is 2.37. The zero-order valence-electron chi connectivity index (χ0n) is 9.21. The fraction of sp³-hybridized carbons (Fsp3) is 0.500. The van der Waals surface area contributed by atoms with E-state index in [2.05, 4.69) is 5.32 Å². The molecule has 0 aliphatic heterocycles. The first-order valence-corrected chi connectivity index (χ1v) is 5.49. The van der Waals surface area contributed by atoms with Crippen LogP contribution in [0.2, 0.25) is 0 Å². The lowest BCUT2D eigenvalue weighted by molar-refractivity contribution is 0.201. The molecule has 1 aliphatic rings. The second-order valence-electron chi connectivity index (χ2n) is 4.42. The molecule has 1 atom stereocenters. The fourth-order valence-electron chi connectivity index (χ4n) is 2.38. The maximum atomic E-state index is 13.6. The van der Waals surface area contributed by atoms with Crippen LogP contribution in [0.4, 0.5) is 8.78 Å². The van der Waals surface area contributed by atoms with Crippen molar-refractivity contribution in [3.8, 4) is 0 Å². The van der Waals surface area contributed by atoms with Crippen LogP contribution in [-0.2, 0) is 0 Å². The van der Waals surface area contributed by atoms with Gasteiger partial charge in [0, 0.05) is 23.7 Å². The lowest BCUT2D eigenvalue weighted by atomic mass is 9.74. The Hall–Kier alpha value is -1.00. The lowest BCUT2D eigenvalue weighted by Gasteiger charge is -2.38. The molecule has 0 bridgehead atoms. The molecule has 1 fully saturated rings. The van der Waals surface area contributed by atoms with Crippen LogP contribution in [0, 0.1) is 17.6 Å². The zero-order chi connectivity index (χ0) is 11.7. The minimum absolute atomic E-state index is 0.0691. The molecule has 16 heavy (non-hydrogen) atoms. The van der Waals surface area contributed by atoms with Gasteiger partial charge >= 0.3 is 0 Å². The van der Waals surface area contributed by atoms with Crippen molar-refractivity contribution in [3.63, 3.8) is 0 Å². The zero-order valence-corrected chi connectivity index (χ0v) is 9.21. The molecule has 0 saturated heterocycles. The fourth-order valence-corrected chi connectivity index (χ4v) is 2.38. The highest BCUT2D eigenvalue weighted by atomic mass is 19.1. The van der Waals surface area contributed by atoms with Crippen molar-refractivity contribution in [1.29, 1.82) is 0 Å². The van der Waals surface area contributed by atoms with Gasteiger partial charge in [0.1, 0.15) is 11.6 Å². The Morgan fingerprint density at radius 3 is 2.56 bits per heavy atom. The van der Waals surface area contributed by atoms with E-state index >= 15 is 0 Å². The second kappa shape index (κ2) is 4.47. The Bertz CT molecular complexity index is 375. The summed E-state index contributed by atoms with van der Waals surface area (Å²) in [5.41, 5.74) is 6.25. The summed E-state index contributed by atoms with van der Waals surface area (Å²) in [6.07, 6.45) is 1.78. The molecular formula is C12H16F2N2. The van der Waals surface area contributed by atoms with Crippen molar-refractivity contribution in [2.75, 3.05) is 7.05 Å². The number of hydrogen-bond acceptors (Lipinski definition) is 2. The van der Waals surface area contributed by atoms with E-state index in [4.69, 9.17) is 5.73 Å². The SMILES string of the molecule is CNC(c1ccc(F)cc1F)C1CC(N)C1. The standard InChI is InChI=1S/C12H16F2N2/c1-16-12(7-4-9(15)5-7)10-3-2-8(13)6-11(10)14/h2-3,6-7,9,12,16H,4-5,15H2,1H3. The molecule has 4 heteroatoms. The van der Waals surface area contributed by atoms with Crippen molar-refractivity contribution in [1.82, 2.24) is 5.32 Å². The molecule has 0 aromatic heterocycles. The van der Waals surface area contributed by atoms with E-state index in [0.717, 1.165) is 18.9 Å². The summed E-state index contributed by atoms with van der Waals surface area (Å²) in [6, 6.07) is 3.89. The van der Waals surface area contributed by atoms with E-state index < -0.39 is 11.6 Å². The second-order valence-corrected chi connectivity index (χ2v) is 4.42. The molecule has 0 spiro atoms. The number of hydrogen-bond donors (Lipinski definition) is 2. The predicted molar refractivity (Wildman–Crippen MR) is 58.9 cm³/mol. The maximum absolute atomic E-state index is 13.6. The van der Waals surface area contributed by atoms with Crippen LogP contribution in [0.3, 0.4) is 0 Å². The minimum Gasteiger partial charge on any atom is -0.328 e. The van der Waals surface area contributed by atoms with Crippen LogP contribution in [0.5, 0.6) is 0 Å². The molecule has 3 N–H and O–H groups in total. The Kier molecular flexibility index (Phi) is 3.21. The molecule has 2 rings (SSSR count). The highest BCUT2D eigenvalue weighted by Gasteiger charge is 2.34. The van der Waals surface area contributed by atoms with Crippen molar-refractivity contribution in [2.45, 2.75) is 24.9 Å². The first kappa shape index (κ1) is 11.5. The van der Waals surface area contributed by atoms with Gasteiger partial charge in [-0.15, -0.1) is 0 Å². The van der Waals surface area contributed by atoms with Crippen LogP contribution in [-0.4, -0.2) is 13.1 Å². The summed E-state index contributed by atoms with van der Waals surface area (Å²) in [6.45, 7) is 0. The number of benzene rings is 1. The van der Waals surface area contributed by atoms with Crippen molar-refractivity contribution < 1.29 is 8.78 Å². The summed E-state index contributed by atoms with van der Waals surface area (Å²) >= 11 is 0.